The summed E-state index contributed by atoms with van der Waals surface area (Å²) >= 11 is 0. The molecule has 3 unspecified atom stereocenters. The Kier molecular flexibility index (Phi) is 10.9. The number of aliphatic hydroxyl groups is 5. The lowest BCUT2D eigenvalue weighted by Gasteiger charge is -2.48. The number of aliphatic hydroxyl groups excluding tert-OH is 4. The fourth-order valence-electron chi connectivity index (χ4n) is 5.82. The molecule has 0 aromatic heterocycles. The van der Waals surface area contributed by atoms with Gasteiger partial charge in [-0.2, -0.15) is 0 Å². The van der Waals surface area contributed by atoms with Gasteiger partial charge >= 0.3 is 0 Å². The maximum absolute atomic E-state index is 13.5. The zero-order chi connectivity index (χ0) is 30.3. The minimum Gasteiger partial charge on any atom is -0.394 e. The van der Waals surface area contributed by atoms with Crippen LogP contribution in [0.3, 0.4) is 0 Å². The van der Waals surface area contributed by atoms with Crippen LogP contribution in [-0.2, 0) is 17.6 Å². The second-order valence-electron chi connectivity index (χ2n) is 11.5. The normalized spacial score (nSPS) is 19.7. The number of hydrogen-bond donors (Lipinski definition) is 5. The summed E-state index contributed by atoms with van der Waals surface area (Å²) in [6, 6.07) is 20.8. The van der Waals surface area contributed by atoms with Crippen LogP contribution in [0, 0.1) is 11.7 Å². The van der Waals surface area contributed by atoms with Crippen LogP contribution in [0.2, 0.25) is 0 Å². The summed E-state index contributed by atoms with van der Waals surface area (Å²) in [4.78, 5) is 15.2. The number of rotatable bonds is 15. The molecular formula is C34H42FNO6. The second kappa shape index (κ2) is 14.4. The van der Waals surface area contributed by atoms with Crippen molar-refractivity contribution in [1.82, 2.24) is 0 Å². The summed E-state index contributed by atoms with van der Waals surface area (Å²) < 4.78 is 13.3. The molecule has 0 spiro atoms. The van der Waals surface area contributed by atoms with Crippen molar-refractivity contribution in [2.24, 2.45) is 5.92 Å². The molecule has 1 aliphatic heterocycles. The molecule has 0 aliphatic carbocycles. The number of halogens is 1. The first-order valence-corrected chi connectivity index (χ1v) is 14.7. The maximum Gasteiger partial charge on any atom is 0.233 e. The Morgan fingerprint density at radius 2 is 1.55 bits per heavy atom. The van der Waals surface area contributed by atoms with Crippen LogP contribution in [0.1, 0.15) is 73.4 Å². The summed E-state index contributed by atoms with van der Waals surface area (Å²) in [6.07, 6.45) is 1.81. The fraction of sp³-hybridized carbons (Fsp3) is 0.441. The first kappa shape index (κ1) is 31.8. The van der Waals surface area contributed by atoms with Crippen molar-refractivity contribution in [3.05, 3.63) is 101 Å². The van der Waals surface area contributed by atoms with E-state index in [-0.39, 0.29) is 36.9 Å². The van der Waals surface area contributed by atoms with Crippen molar-refractivity contribution in [2.45, 2.75) is 75.7 Å². The van der Waals surface area contributed by atoms with Crippen LogP contribution >= 0.6 is 0 Å². The van der Waals surface area contributed by atoms with Crippen molar-refractivity contribution in [3.63, 3.8) is 0 Å². The lowest BCUT2D eigenvalue weighted by molar-refractivity contribution is -0.131. The van der Waals surface area contributed by atoms with E-state index in [0.29, 0.717) is 44.1 Å². The van der Waals surface area contributed by atoms with Crippen LogP contribution in [0.5, 0.6) is 0 Å². The Balaban J connectivity index is 1.52. The minimum absolute atomic E-state index is 0.0499. The minimum atomic E-state index is -1.10. The summed E-state index contributed by atoms with van der Waals surface area (Å²) in [6.45, 7) is 1.37. The number of aryl methyl sites for hydroxylation is 1. The van der Waals surface area contributed by atoms with Crippen molar-refractivity contribution in [2.75, 3.05) is 18.1 Å². The van der Waals surface area contributed by atoms with Gasteiger partial charge in [0, 0.05) is 12.1 Å². The van der Waals surface area contributed by atoms with Gasteiger partial charge in [-0.3, -0.25) is 4.79 Å². The Bertz CT molecular complexity index is 1280. The van der Waals surface area contributed by atoms with Gasteiger partial charge in [0.2, 0.25) is 5.91 Å². The van der Waals surface area contributed by atoms with Crippen molar-refractivity contribution in [1.29, 1.82) is 0 Å². The van der Waals surface area contributed by atoms with Crippen LogP contribution in [-0.4, -0.2) is 56.4 Å². The van der Waals surface area contributed by atoms with Gasteiger partial charge in [-0.25, -0.2) is 4.39 Å². The monoisotopic (exact) mass is 579 g/mol. The van der Waals surface area contributed by atoms with Crippen LogP contribution < -0.4 is 4.90 Å². The number of hydrogen-bond acceptors (Lipinski definition) is 6. The van der Waals surface area contributed by atoms with Gasteiger partial charge in [0.15, 0.2) is 0 Å². The molecule has 0 saturated carbocycles. The molecule has 8 heteroatoms. The quantitative estimate of drug-likeness (QED) is 0.170. The number of benzene rings is 3. The zero-order valence-electron chi connectivity index (χ0n) is 24.1. The average molecular weight is 580 g/mol. The van der Waals surface area contributed by atoms with E-state index in [9.17, 15) is 29.6 Å². The highest BCUT2D eigenvalue weighted by Gasteiger charge is 2.48. The third kappa shape index (κ3) is 7.62. The fourth-order valence-corrected chi connectivity index (χ4v) is 5.82. The molecule has 1 amide bonds. The van der Waals surface area contributed by atoms with Crippen molar-refractivity contribution >= 4 is 11.6 Å². The van der Waals surface area contributed by atoms with Gasteiger partial charge in [-0.15, -0.1) is 0 Å². The third-order valence-electron chi connectivity index (χ3n) is 8.33. The first-order chi connectivity index (χ1) is 20.2. The number of amides is 1. The predicted octanol–water partition coefficient (Wildman–Crippen LogP) is 4.40. The molecular weight excluding hydrogens is 537 g/mol. The summed E-state index contributed by atoms with van der Waals surface area (Å²) in [7, 11) is 0. The summed E-state index contributed by atoms with van der Waals surface area (Å²) in [5, 5.41) is 49.9. The third-order valence-corrected chi connectivity index (χ3v) is 8.33. The second-order valence-corrected chi connectivity index (χ2v) is 11.5. The van der Waals surface area contributed by atoms with Crippen molar-refractivity contribution < 1.29 is 34.7 Å². The van der Waals surface area contributed by atoms with E-state index in [0.717, 1.165) is 28.8 Å². The highest BCUT2D eigenvalue weighted by atomic mass is 19.1. The molecule has 42 heavy (non-hydrogen) atoms. The van der Waals surface area contributed by atoms with E-state index < -0.39 is 17.8 Å². The molecule has 1 aliphatic rings. The van der Waals surface area contributed by atoms with Gasteiger partial charge in [-0.1, -0.05) is 61.9 Å². The Morgan fingerprint density at radius 1 is 0.905 bits per heavy atom. The molecule has 3 aromatic rings. The lowest BCUT2D eigenvalue weighted by atomic mass is 9.78. The Labute approximate surface area is 246 Å². The number of anilines is 1. The van der Waals surface area contributed by atoms with E-state index in [4.69, 9.17) is 5.11 Å². The van der Waals surface area contributed by atoms with E-state index in [1.807, 2.05) is 55.5 Å². The highest BCUT2D eigenvalue weighted by molar-refractivity contribution is 6.03. The average Bonchev–Trinajstić information content (AvgIpc) is 3.00. The van der Waals surface area contributed by atoms with Crippen LogP contribution in [0.15, 0.2) is 72.8 Å². The Hall–Kier alpha value is -3.14. The van der Waals surface area contributed by atoms with E-state index in [1.54, 1.807) is 17.0 Å². The number of nitrogens with zero attached hydrogens (tertiary/aromatic N) is 1. The molecule has 1 fully saturated rings. The summed E-state index contributed by atoms with van der Waals surface area (Å²) in [5.74, 6) is -0.778. The molecule has 0 radical (unpaired) electrons. The molecule has 1 heterocycles. The summed E-state index contributed by atoms with van der Waals surface area (Å²) in [5.41, 5.74) is 3.05. The van der Waals surface area contributed by atoms with Gasteiger partial charge in [0.1, 0.15) is 5.82 Å². The van der Waals surface area contributed by atoms with Crippen LogP contribution in [0.4, 0.5) is 10.1 Å². The largest absolute Gasteiger partial charge is 0.394 e. The molecule has 5 atom stereocenters. The predicted molar refractivity (Wildman–Crippen MR) is 159 cm³/mol. The first-order valence-electron chi connectivity index (χ1n) is 14.7. The SMILES string of the molecule is CCCC(O)(CO)CCc1ccc([C@@H]2C(CC[C@H](O)c3ccc(F)cc3)C(=O)N2c2ccc(CC(O)CO)cc2)cc1. The van der Waals surface area contributed by atoms with E-state index in [2.05, 4.69) is 0 Å². The van der Waals surface area contributed by atoms with Gasteiger partial charge in [0.05, 0.1) is 43.0 Å². The molecule has 3 aromatic carbocycles. The number of carbonyl (C=O) groups is 1. The van der Waals surface area contributed by atoms with E-state index >= 15 is 0 Å². The topological polar surface area (TPSA) is 121 Å². The smallest absolute Gasteiger partial charge is 0.233 e. The Morgan fingerprint density at radius 3 is 2.14 bits per heavy atom. The standard InChI is InChI=1S/C34H42FNO6/c1-2-18-34(42,22-38)19-17-23-3-7-26(8-4-23)32-30(15-16-31(40)25-9-11-27(35)12-10-25)33(41)36(32)28-13-5-24(6-14-28)20-29(39)21-37/h3-14,29-32,37-40,42H,2,15-22H2,1H3/t29?,30?,31-,32+,34?/m0/s1. The molecule has 0 bridgehead atoms. The van der Waals surface area contributed by atoms with Crippen molar-refractivity contribution in [3.8, 4) is 0 Å². The van der Waals surface area contributed by atoms with Crippen LogP contribution in [0.25, 0.3) is 0 Å². The molecule has 4 rings (SSSR count). The van der Waals surface area contributed by atoms with Gasteiger partial charge in [-0.05, 0) is 78.6 Å². The molecule has 5 N–H and O–H groups in total. The molecule has 226 valence electrons. The van der Waals surface area contributed by atoms with E-state index in [1.165, 1.54) is 12.1 Å². The molecule has 7 nitrogen and oxygen atoms in total. The molecule has 1 saturated heterocycles. The van der Waals surface area contributed by atoms with Gasteiger partial charge in [0.25, 0.3) is 0 Å². The van der Waals surface area contributed by atoms with Gasteiger partial charge < -0.3 is 30.4 Å². The maximum atomic E-state index is 13.5. The lowest BCUT2D eigenvalue weighted by Crippen LogP contribution is -2.55. The highest BCUT2D eigenvalue weighted by Crippen LogP contribution is 2.46. The zero-order valence-corrected chi connectivity index (χ0v) is 24.1. The number of β-lactam (4-membered cyclic amide) rings is 1. The number of carbonyl (C=O) groups excluding carboxylic acids is 1.